The molecule has 27 heavy (non-hydrogen) atoms. The van der Waals surface area contributed by atoms with Gasteiger partial charge < -0.3 is 5.32 Å². The van der Waals surface area contributed by atoms with Crippen LogP contribution in [0, 0.1) is 5.92 Å². The normalized spacial score (nSPS) is 20.1. The minimum absolute atomic E-state index is 0.107. The third-order valence-corrected chi connectivity index (χ3v) is 5.79. The number of carbonyl (C=O) groups is 1. The van der Waals surface area contributed by atoms with Gasteiger partial charge >= 0.3 is 0 Å². The van der Waals surface area contributed by atoms with Crippen LogP contribution in [0.15, 0.2) is 54.9 Å². The number of nitrogens with zero attached hydrogens (tertiary/aromatic N) is 3. The molecule has 0 radical (unpaired) electrons. The molecule has 1 fully saturated rings. The van der Waals surface area contributed by atoms with E-state index in [1.165, 1.54) is 12.1 Å². The molecular formula is C22H22N4O. The van der Waals surface area contributed by atoms with Crippen molar-refractivity contribution < 1.29 is 4.79 Å². The SMILES string of the molecule is CC(C)(NC(=O)c1nn(-c2cccnc2)c2c1C[C@H]1C[C@@H]21)c1ccccc1. The zero-order valence-electron chi connectivity index (χ0n) is 15.5. The van der Waals surface area contributed by atoms with Gasteiger partial charge in [0.25, 0.3) is 5.91 Å². The van der Waals surface area contributed by atoms with E-state index >= 15 is 0 Å². The molecule has 5 rings (SSSR count). The molecule has 1 aromatic carbocycles. The number of hydrogen-bond donors (Lipinski definition) is 1. The molecule has 136 valence electrons. The second kappa shape index (κ2) is 5.78. The molecule has 0 aliphatic heterocycles. The van der Waals surface area contributed by atoms with Gasteiger partial charge in [-0.25, -0.2) is 4.68 Å². The second-order valence-corrected chi connectivity index (χ2v) is 8.09. The first-order valence-corrected chi connectivity index (χ1v) is 9.45. The van der Waals surface area contributed by atoms with E-state index in [4.69, 9.17) is 5.10 Å². The van der Waals surface area contributed by atoms with Crippen molar-refractivity contribution in [3.63, 3.8) is 0 Å². The van der Waals surface area contributed by atoms with E-state index in [1.54, 1.807) is 12.4 Å². The van der Waals surface area contributed by atoms with Crippen LogP contribution in [-0.2, 0) is 12.0 Å². The number of amides is 1. The number of pyridine rings is 1. The van der Waals surface area contributed by atoms with Gasteiger partial charge in [-0.15, -0.1) is 0 Å². The van der Waals surface area contributed by atoms with Crippen LogP contribution >= 0.6 is 0 Å². The molecule has 1 saturated carbocycles. The molecule has 2 aliphatic carbocycles. The van der Waals surface area contributed by atoms with Crippen molar-refractivity contribution in [1.82, 2.24) is 20.1 Å². The molecule has 2 heterocycles. The summed E-state index contributed by atoms with van der Waals surface area (Å²) in [5.74, 6) is 1.11. The highest BCUT2D eigenvalue weighted by molar-refractivity contribution is 5.95. The van der Waals surface area contributed by atoms with Crippen molar-refractivity contribution in [2.45, 2.75) is 38.1 Å². The summed E-state index contributed by atoms with van der Waals surface area (Å²) in [4.78, 5) is 17.4. The van der Waals surface area contributed by atoms with Crippen LogP contribution in [0.4, 0.5) is 0 Å². The van der Waals surface area contributed by atoms with Crippen LogP contribution in [0.5, 0.6) is 0 Å². The number of benzene rings is 1. The highest BCUT2D eigenvalue weighted by Gasteiger charge is 2.50. The van der Waals surface area contributed by atoms with Gasteiger partial charge in [0.2, 0.25) is 0 Å². The Morgan fingerprint density at radius 2 is 2.00 bits per heavy atom. The molecule has 3 aromatic rings. The summed E-state index contributed by atoms with van der Waals surface area (Å²) >= 11 is 0. The molecule has 1 N–H and O–H groups in total. The Morgan fingerprint density at radius 1 is 1.19 bits per heavy atom. The van der Waals surface area contributed by atoms with E-state index in [2.05, 4.69) is 10.3 Å². The number of nitrogens with one attached hydrogen (secondary N) is 1. The molecule has 2 atom stereocenters. The lowest BCUT2D eigenvalue weighted by Crippen LogP contribution is -2.41. The third-order valence-electron chi connectivity index (χ3n) is 5.79. The van der Waals surface area contributed by atoms with Gasteiger partial charge in [-0.3, -0.25) is 9.78 Å². The van der Waals surface area contributed by atoms with E-state index in [0.29, 0.717) is 17.5 Å². The molecule has 5 heteroatoms. The number of carbonyl (C=O) groups excluding carboxylic acids is 1. The monoisotopic (exact) mass is 358 g/mol. The van der Waals surface area contributed by atoms with E-state index < -0.39 is 5.54 Å². The van der Waals surface area contributed by atoms with Crippen molar-refractivity contribution in [3.05, 3.63) is 77.4 Å². The Kier molecular flexibility index (Phi) is 3.47. The minimum atomic E-state index is -0.467. The first-order chi connectivity index (χ1) is 13.0. The minimum Gasteiger partial charge on any atom is -0.342 e. The number of rotatable bonds is 4. The predicted octanol–water partition coefficient (Wildman–Crippen LogP) is 3.59. The first kappa shape index (κ1) is 16.2. The first-order valence-electron chi connectivity index (χ1n) is 9.45. The molecule has 5 nitrogen and oxygen atoms in total. The van der Waals surface area contributed by atoms with E-state index in [0.717, 1.165) is 23.2 Å². The van der Waals surface area contributed by atoms with Crippen molar-refractivity contribution in [1.29, 1.82) is 0 Å². The maximum atomic E-state index is 13.2. The average molecular weight is 358 g/mol. The van der Waals surface area contributed by atoms with Gasteiger partial charge in [0.05, 0.1) is 23.1 Å². The molecule has 1 amide bonds. The number of aromatic nitrogens is 3. The van der Waals surface area contributed by atoms with Crippen molar-refractivity contribution in [2.75, 3.05) is 0 Å². The standard InChI is InChI=1S/C22H22N4O/c1-22(2,15-7-4-3-5-8-15)24-21(27)19-18-12-14-11-17(14)20(18)26(25-19)16-9-6-10-23-13-16/h3-10,13-14,17H,11-12H2,1-2H3,(H,24,27)/t14-,17-/m1/s1. The highest BCUT2D eigenvalue weighted by Crippen LogP contribution is 2.57. The zero-order valence-corrected chi connectivity index (χ0v) is 15.5. The summed E-state index contributed by atoms with van der Waals surface area (Å²) in [6.45, 7) is 4.05. The average Bonchev–Trinajstić information content (AvgIpc) is 3.18. The summed E-state index contributed by atoms with van der Waals surface area (Å²) < 4.78 is 1.93. The lowest BCUT2D eigenvalue weighted by molar-refractivity contribution is 0.0905. The lowest BCUT2D eigenvalue weighted by Gasteiger charge is -2.26. The van der Waals surface area contributed by atoms with Gasteiger partial charge in [-0.05, 0) is 50.3 Å². The Hall–Kier alpha value is -2.95. The van der Waals surface area contributed by atoms with E-state index in [-0.39, 0.29) is 5.91 Å². The van der Waals surface area contributed by atoms with Crippen LogP contribution in [0.25, 0.3) is 5.69 Å². The fourth-order valence-electron chi connectivity index (χ4n) is 4.24. The molecule has 0 bridgehead atoms. The van der Waals surface area contributed by atoms with Gasteiger partial charge in [0.1, 0.15) is 0 Å². The summed E-state index contributed by atoms with van der Waals surface area (Å²) in [5, 5.41) is 7.90. The van der Waals surface area contributed by atoms with Crippen LogP contribution in [0.2, 0.25) is 0 Å². The Bertz CT molecular complexity index is 1010. The fourth-order valence-corrected chi connectivity index (χ4v) is 4.24. The van der Waals surface area contributed by atoms with Gasteiger partial charge in [0, 0.05) is 17.7 Å². The molecule has 0 saturated heterocycles. The van der Waals surface area contributed by atoms with Crippen molar-refractivity contribution >= 4 is 5.91 Å². The Balaban J connectivity index is 1.51. The van der Waals surface area contributed by atoms with Crippen LogP contribution in [0.1, 0.15) is 53.5 Å². The summed E-state index contributed by atoms with van der Waals surface area (Å²) in [6.07, 6.45) is 5.71. The van der Waals surface area contributed by atoms with Gasteiger partial charge in [-0.2, -0.15) is 5.10 Å². The summed E-state index contributed by atoms with van der Waals surface area (Å²) in [7, 11) is 0. The maximum Gasteiger partial charge on any atom is 0.272 e. The van der Waals surface area contributed by atoms with Crippen molar-refractivity contribution in [2.24, 2.45) is 5.92 Å². The Labute approximate surface area is 158 Å². The van der Waals surface area contributed by atoms with E-state index in [9.17, 15) is 4.79 Å². The topological polar surface area (TPSA) is 59.8 Å². The Morgan fingerprint density at radius 3 is 2.74 bits per heavy atom. The summed E-state index contributed by atoms with van der Waals surface area (Å²) in [6, 6.07) is 13.9. The van der Waals surface area contributed by atoms with Gasteiger partial charge in [0.15, 0.2) is 5.69 Å². The van der Waals surface area contributed by atoms with Crippen LogP contribution < -0.4 is 5.32 Å². The molecular weight excluding hydrogens is 336 g/mol. The summed E-state index contributed by atoms with van der Waals surface area (Å²) in [5.41, 5.74) is 4.40. The largest absolute Gasteiger partial charge is 0.342 e. The number of hydrogen-bond acceptors (Lipinski definition) is 3. The van der Waals surface area contributed by atoms with Crippen LogP contribution in [-0.4, -0.2) is 20.7 Å². The van der Waals surface area contributed by atoms with Gasteiger partial charge in [-0.1, -0.05) is 30.3 Å². The molecule has 2 aromatic heterocycles. The smallest absolute Gasteiger partial charge is 0.272 e. The van der Waals surface area contributed by atoms with E-state index in [1.807, 2.05) is 61.0 Å². The fraction of sp³-hybridized carbons (Fsp3) is 0.318. The van der Waals surface area contributed by atoms with Crippen molar-refractivity contribution in [3.8, 4) is 5.69 Å². The number of fused-ring (bicyclic) bond motifs is 3. The lowest BCUT2D eigenvalue weighted by atomic mass is 9.94. The zero-order chi connectivity index (χ0) is 18.6. The molecule has 0 unspecified atom stereocenters. The quantitative estimate of drug-likeness (QED) is 0.775. The highest BCUT2D eigenvalue weighted by atomic mass is 16.2. The predicted molar refractivity (Wildman–Crippen MR) is 103 cm³/mol. The molecule has 0 spiro atoms. The van der Waals surface area contributed by atoms with Crippen LogP contribution in [0.3, 0.4) is 0 Å². The maximum absolute atomic E-state index is 13.2. The second-order valence-electron chi connectivity index (χ2n) is 8.09. The molecule has 2 aliphatic rings. The third kappa shape index (κ3) is 2.65.